The standard InChI is InChI=1S/C34H35N7O/c1-35-27-12-13-28(30(17-27)33-38-36-21-40(33)3)26-15-31(24-10-11-24)37-32(16-26)41-20-25-9-8-23(14-29(25)34(41)42)19-39(2)18-22-6-4-5-7-22/h8-9,12-17,21-22,24H,4-7,10-11,18-20H2,2-3H3. The average molecular weight is 558 g/mol. The highest BCUT2D eigenvalue weighted by Crippen LogP contribution is 2.43. The van der Waals surface area contributed by atoms with E-state index in [1.807, 2.05) is 40.8 Å². The largest absolute Gasteiger partial charge is 0.317 e. The molecule has 8 heteroatoms. The maximum absolute atomic E-state index is 13.9. The molecule has 7 rings (SSSR count). The van der Waals surface area contributed by atoms with Gasteiger partial charge in [0.2, 0.25) is 0 Å². The van der Waals surface area contributed by atoms with E-state index in [9.17, 15) is 4.79 Å². The number of carbonyl (C=O) groups is 1. The van der Waals surface area contributed by atoms with Crippen molar-refractivity contribution in [3.8, 4) is 22.5 Å². The number of aryl methyl sites for hydroxylation is 1. The molecule has 2 fully saturated rings. The summed E-state index contributed by atoms with van der Waals surface area (Å²) in [6.07, 6.45) is 9.25. The van der Waals surface area contributed by atoms with Crippen molar-refractivity contribution in [1.82, 2.24) is 24.6 Å². The number of rotatable bonds is 8. The summed E-state index contributed by atoms with van der Waals surface area (Å²) in [6, 6.07) is 16.2. The van der Waals surface area contributed by atoms with E-state index in [0.29, 0.717) is 29.8 Å². The van der Waals surface area contributed by atoms with Crippen molar-refractivity contribution in [1.29, 1.82) is 0 Å². The lowest BCUT2D eigenvalue weighted by molar-refractivity contribution is 0.0995. The average Bonchev–Trinajstić information content (AvgIpc) is 3.41. The van der Waals surface area contributed by atoms with E-state index in [2.05, 4.69) is 51.3 Å². The molecule has 3 heterocycles. The fourth-order valence-corrected chi connectivity index (χ4v) is 6.63. The van der Waals surface area contributed by atoms with Gasteiger partial charge in [0.25, 0.3) is 5.91 Å². The number of carbonyl (C=O) groups excluding carboxylic acids is 1. The van der Waals surface area contributed by atoms with Crippen LogP contribution in [-0.4, -0.2) is 44.1 Å². The van der Waals surface area contributed by atoms with Gasteiger partial charge in [-0.1, -0.05) is 37.1 Å². The van der Waals surface area contributed by atoms with Gasteiger partial charge in [0.15, 0.2) is 11.5 Å². The first-order chi connectivity index (χ1) is 20.5. The highest BCUT2D eigenvalue weighted by molar-refractivity contribution is 6.10. The van der Waals surface area contributed by atoms with Crippen molar-refractivity contribution in [2.45, 2.75) is 57.5 Å². The summed E-state index contributed by atoms with van der Waals surface area (Å²) in [5, 5.41) is 8.42. The van der Waals surface area contributed by atoms with Crippen LogP contribution in [0, 0.1) is 12.5 Å². The minimum Gasteiger partial charge on any atom is -0.317 e. The van der Waals surface area contributed by atoms with Gasteiger partial charge in [-0.3, -0.25) is 9.69 Å². The Kier molecular flexibility index (Phi) is 6.83. The number of hydrogen-bond acceptors (Lipinski definition) is 5. The molecule has 2 aliphatic carbocycles. The summed E-state index contributed by atoms with van der Waals surface area (Å²) in [5.74, 6) is 2.58. The van der Waals surface area contributed by atoms with Crippen LogP contribution in [0.25, 0.3) is 27.4 Å². The molecule has 42 heavy (non-hydrogen) atoms. The number of fused-ring (bicyclic) bond motifs is 1. The molecule has 0 atom stereocenters. The summed E-state index contributed by atoms with van der Waals surface area (Å²) in [7, 11) is 4.09. The minimum atomic E-state index is 0.00794. The fraction of sp³-hybridized carbons (Fsp3) is 0.382. The third kappa shape index (κ3) is 5.10. The molecule has 3 aliphatic rings. The number of nitrogens with zero attached hydrogens (tertiary/aromatic N) is 7. The number of anilines is 1. The molecule has 2 aromatic carbocycles. The summed E-state index contributed by atoms with van der Waals surface area (Å²) in [6.45, 7) is 10.0. The van der Waals surface area contributed by atoms with Crippen molar-refractivity contribution in [2.75, 3.05) is 18.5 Å². The van der Waals surface area contributed by atoms with Gasteiger partial charge in [-0.2, -0.15) is 0 Å². The van der Waals surface area contributed by atoms with Crippen LogP contribution in [0.1, 0.15) is 71.6 Å². The maximum atomic E-state index is 13.9. The van der Waals surface area contributed by atoms with Crippen molar-refractivity contribution in [2.24, 2.45) is 13.0 Å². The first-order valence-electron chi connectivity index (χ1n) is 15.0. The van der Waals surface area contributed by atoms with Gasteiger partial charge in [0.05, 0.1) is 13.1 Å². The molecule has 0 N–H and O–H groups in total. The molecule has 1 amide bonds. The molecule has 0 bridgehead atoms. The van der Waals surface area contributed by atoms with Gasteiger partial charge >= 0.3 is 0 Å². The molecule has 0 saturated heterocycles. The summed E-state index contributed by atoms with van der Waals surface area (Å²) in [4.78, 5) is 26.8. The molecular weight excluding hydrogens is 522 g/mol. The van der Waals surface area contributed by atoms with Crippen LogP contribution in [0.15, 0.2) is 54.9 Å². The number of benzene rings is 2. The Morgan fingerprint density at radius 2 is 1.83 bits per heavy atom. The zero-order chi connectivity index (χ0) is 28.8. The van der Waals surface area contributed by atoms with E-state index in [0.717, 1.165) is 65.4 Å². The van der Waals surface area contributed by atoms with Crippen LogP contribution in [0.2, 0.25) is 0 Å². The lowest BCUT2D eigenvalue weighted by atomic mass is 9.97. The molecular formula is C34H35N7O. The number of aromatic nitrogens is 4. The van der Waals surface area contributed by atoms with Gasteiger partial charge < -0.3 is 9.47 Å². The molecule has 0 spiro atoms. The zero-order valence-electron chi connectivity index (χ0n) is 24.3. The van der Waals surface area contributed by atoms with Gasteiger partial charge in [0.1, 0.15) is 12.1 Å². The molecule has 2 aromatic heterocycles. The smallest absolute Gasteiger partial charge is 0.260 e. The van der Waals surface area contributed by atoms with E-state index >= 15 is 0 Å². The Morgan fingerprint density at radius 3 is 2.57 bits per heavy atom. The molecule has 0 unspecified atom stereocenters. The highest BCUT2D eigenvalue weighted by atomic mass is 16.2. The molecule has 8 nitrogen and oxygen atoms in total. The van der Waals surface area contributed by atoms with Crippen molar-refractivity contribution < 1.29 is 4.79 Å². The lowest BCUT2D eigenvalue weighted by Crippen LogP contribution is -2.25. The Morgan fingerprint density at radius 1 is 1.00 bits per heavy atom. The zero-order valence-corrected chi connectivity index (χ0v) is 24.3. The summed E-state index contributed by atoms with van der Waals surface area (Å²) < 4.78 is 1.86. The predicted octanol–water partition coefficient (Wildman–Crippen LogP) is 6.75. The van der Waals surface area contributed by atoms with Gasteiger partial charge in [-0.05, 0) is 85.2 Å². The topological polar surface area (TPSA) is 71.5 Å². The number of pyridine rings is 1. The second kappa shape index (κ2) is 10.8. The second-order valence-corrected chi connectivity index (χ2v) is 12.3. The third-order valence-electron chi connectivity index (χ3n) is 8.97. The monoisotopic (exact) mass is 557 g/mol. The van der Waals surface area contributed by atoms with Crippen LogP contribution in [0.5, 0.6) is 0 Å². The van der Waals surface area contributed by atoms with Gasteiger partial charge in [0, 0.05) is 42.9 Å². The van der Waals surface area contributed by atoms with Crippen LogP contribution in [0.3, 0.4) is 0 Å². The first-order valence-corrected chi connectivity index (χ1v) is 15.0. The van der Waals surface area contributed by atoms with Crippen LogP contribution < -0.4 is 4.90 Å². The fourth-order valence-electron chi connectivity index (χ4n) is 6.63. The van der Waals surface area contributed by atoms with E-state index in [1.54, 1.807) is 6.33 Å². The summed E-state index contributed by atoms with van der Waals surface area (Å²) in [5.41, 5.74) is 7.31. The quantitative estimate of drug-likeness (QED) is 0.224. The lowest BCUT2D eigenvalue weighted by Gasteiger charge is -2.21. The maximum Gasteiger partial charge on any atom is 0.260 e. The molecule has 2 saturated carbocycles. The first kappa shape index (κ1) is 26.5. The summed E-state index contributed by atoms with van der Waals surface area (Å²) >= 11 is 0. The number of amides is 1. The van der Waals surface area contributed by atoms with Crippen molar-refractivity contribution in [3.63, 3.8) is 0 Å². The van der Waals surface area contributed by atoms with E-state index in [-0.39, 0.29) is 5.91 Å². The van der Waals surface area contributed by atoms with Gasteiger partial charge in [-0.25, -0.2) is 9.83 Å². The number of hydrogen-bond donors (Lipinski definition) is 0. The molecule has 4 aromatic rings. The van der Waals surface area contributed by atoms with Crippen molar-refractivity contribution in [3.05, 3.63) is 88.7 Å². The van der Waals surface area contributed by atoms with E-state index < -0.39 is 0 Å². The molecule has 212 valence electrons. The SMILES string of the molecule is [C-]#[N+]c1ccc(-c2cc(C3CC3)nc(N3Cc4ccc(CN(C)CC5CCCC5)cc4C3=O)c2)c(-c2nncn2C)c1. The van der Waals surface area contributed by atoms with Crippen LogP contribution in [0.4, 0.5) is 11.5 Å². The van der Waals surface area contributed by atoms with Crippen LogP contribution >= 0.6 is 0 Å². The molecule has 0 radical (unpaired) electrons. The molecule has 1 aliphatic heterocycles. The highest BCUT2D eigenvalue weighted by Gasteiger charge is 2.32. The van der Waals surface area contributed by atoms with E-state index in [4.69, 9.17) is 11.6 Å². The Bertz CT molecular complexity index is 1710. The predicted molar refractivity (Wildman–Crippen MR) is 163 cm³/mol. The van der Waals surface area contributed by atoms with Crippen LogP contribution in [-0.2, 0) is 20.1 Å². The van der Waals surface area contributed by atoms with E-state index in [1.165, 1.54) is 31.2 Å². The Hall–Kier alpha value is -4.35. The second-order valence-electron chi connectivity index (χ2n) is 12.3. The van der Waals surface area contributed by atoms with Crippen molar-refractivity contribution >= 4 is 17.4 Å². The Labute approximate surface area is 246 Å². The Balaban J connectivity index is 1.21. The normalized spacial score (nSPS) is 16.8. The van der Waals surface area contributed by atoms with Gasteiger partial charge in [-0.15, -0.1) is 10.2 Å². The third-order valence-corrected chi connectivity index (χ3v) is 8.97. The minimum absolute atomic E-state index is 0.00794.